The quantitative estimate of drug-likeness (QED) is 0.887. The van der Waals surface area contributed by atoms with E-state index in [2.05, 4.69) is 36.5 Å². The molecule has 2 aromatic rings. The summed E-state index contributed by atoms with van der Waals surface area (Å²) in [4.78, 5) is 0. The van der Waals surface area contributed by atoms with Gasteiger partial charge < -0.3 is 15.2 Å². The molecular formula is C18H23NO2S. The molecule has 0 aliphatic carbocycles. The van der Waals surface area contributed by atoms with Gasteiger partial charge in [0.15, 0.2) is 0 Å². The van der Waals surface area contributed by atoms with Crippen molar-refractivity contribution >= 4 is 22.5 Å². The zero-order chi connectivity index (χ0) is 15.6. The molecule has 0 bridgehead atoms. The van der Waals surface area contributed by atoms with Gasteiger partial charge in [-0.1, -0.05) is 30.3 Å². The lowest BCUT2D eigenvalue weighted by Gasteiger charge is -2.25. The molecule has 0 spiro atoms. The number of methoxy groups -OCH3 is 1. The largest absolute Gasteiger partial charge is 0.496 e. The second kappa shape index (κ2) is 6.49. The lowest BCUT2D eigenvalue weighted by molar-refractivity contribution is 0.0652. The summed E-state index contributed by atoms with van der Waals surface area (Å²) in [7, 11) is 1.70. The van der Waals surface area contributed by atoms with E-state index >= 15 is 0 Å². The Hall–Kier alpha value is -1.23. The third-order valence-electron chi connectivity index (χ3n) is 4.42. The van der Waals surface area contributed by atoms with Crippen molar-refractivity contribution in [3.8, 4) is 5.75 Å². The Morgan fingerprint density at radius 1 is 1.27 bits per heavy atom. The normalized spacial score (nSPS) is 22.9. The molecule has 1 heterocycles. The van der Waals surface area contributed by atoms with Crippen LogP contribution < -0.4 is 10.1 Å². The molecule has 22 heavy (non-hydrogen) atoms. The second-order valence-corrected chi connectivity index (χ2v) is 7.14. The lowest BCUT2D eigenvalue weighted by Crippen LogP contribution is -2.41. The molecule has 1 aliphatic rings. The molecule has 2 atom stereocenters. The monoisotopic (exact) mass is 317 g/mol. The van der Waals surface area contributed by atoms with Crippen LogP contribution in [0.3, 0.4) is 0 Å². The number of rotatable bonds is 5. The number of ether oxygens (including phenoxy) is 1. The summed E-state index contributed by atoms with van der Waals surface area (Å²) in [6.45, 7) is 2.79. The van der Waals surface area contributed by atoms with Crippen LogP contribution in [0.2, 0.25) is 0 Å². The molecule has 2 N–H and O–H groups in total. The maximum atomic E-state index is 10.5. The van der Waals surface area contributed by atoms with E-state index in [4.69, 9.17) is 4.74 Å². The van der Waals surface area contributed by atoms with Crippen LogP contribution in [0.15, 0.2) is 36.4 Å². The molecule has 0 saturated carbocycles. The minimum atomic E-state index is -0.554. The smallest absolute Gasteiger partial charge is 0.126 e. The zero-order valence-corrected chi connectivity index (χ0v) is 14.0. The lowest BCUT2D eigenvalue weighted by atomic mass is 9.97. The Labute approximate surface area is 136 Å². The minimum absolute atomic E-state index is 0.186. The van der Waals surface area contributed by atoms with Gasteiger partial charge in [-0.15, -0.1) is 0 Å². The maximum absolute atomic E-state index is 10.5. The molecule has 4 heteroatoms. The molecule has 0 radical (unpaired) electrons. The van der Waals surface area contributed by atoms with Crippen molar-refractivity contribution < 1.29 is 9.84 Å². The number of hydrogen-bond donors (Lipinski definition) is 2. The van der Waals surface area contributed by atoms with Gasteiger partial charge in [0.2, 0.25) is 0 Å². The van der Waals surface area contributed by atoms with E-state index < -0.39 is 5.60 Å². The first-order chi connectivity index (χ1) is 10.6. The molecule has 118 valence electrons. The van der Waals surface area contributed by atoms with Gasteiger partial charge in [-0.2, -0.15) is 11.8 Å². The number of aliphatic hydroxyl groups is 1. The van der Waals surface area contributed by atoms with Crippen molar-refractivity contribution in [3.05, 3.63) is 42.0 Å². The Morgan fingerprint density at radius 2 is 2.05 bits per heavy atom. The highest BCUT2D eigenvalue weighted by molar-refractivity contribution is 7.99. The fourth-order valence-electron chi connectivity index (χ4n) is 3.04. The third-order valence-corrected chi connectivity index (χ3v) is 5.66. The van der Waals surface area contributed by atoms with Gasteiger partial charge >= 0.3 is 0 Å². The van der Waals surface area contributed by atoms with Crippen molar-refractivity contribution in [1.82, 2.24) is 5.32 Å². The van der Waals surface area contributed by atoms with Gasteiger partial charge in [0.25, 0.3) is 0 Å². The predicted octanol–water partition coefficient (Wildman–Crippen LogP) is 3.37. The minimum Gasteiger partial charge on any atom is -0.496 e. The molecule has 1 fully saturated rings. The van der Waals surface area contributed by atoms with Crippen LogP contribution >= 0.6 is 11.8 Å². The number of hydrogen-bond acceptors (Lipinski definition) is 4. The van der Waals surface area contributed by atoms with Crippen molar-refractivity contribution in [2.45, 2.75) is 25.0 Å². The standard InChI is InChI=1S/C18H23NO2S/c1-13(19-11-18(20)9-10-22-12-18)14-7-8-17(21-2)16-6-4-3-5-15(14)16/h3-8,13,19-20H,9-12H2,1-2H3. The Morgan fingerprint density at radius 3 is 2.73 bits per heavy atom. The van der Waals surface area contributed by atoms with Crippen molar-refractivity contribution in [1.29, 1.82) is 0 Å². The summed E-state index contributed by atoms with van der Waals surface area (Å²) in [5.74, 6) is 2.78. The van der Waals surface area contributed by atoms with Gasteiger partial charge in [0.1, 0.15) is 5.75 Å². The summed E-state index contributed by atoms with van der Waals surface area (Å²) in [6.07, 6.45) is 0.876. The average Bonchev–Trinajstić information content (AvgIpc) is 2.98. The zero-order valence-electron chi connectivity index (χ0n) is 13.1. The fourth-order valence-corrected chi connectivity index (χ4v) is 4.33. The van der Waals surface area contributed by atoms with Crippen LogP contribution in [0.4, 0.5) is 0 Å². The highest BCUT2D eigenvalue weighted by Gasteiger charge is 2.31. The van der Waals surface area contributed by atoms with E-state index in [1.165, 1.54) is 10.9 Å². The number of benzene rings is 2. The van der Waals surface area contributed by atoms with Crippen LogP contribution in [0.25, 0.3) is 10.8 Å². The van der Waals surface area contributed by atoms with E-state index in [0.717, 1.165) is 29.1 Å². The maximum Gasteiger partial charge on any atom is 0.126 e. The molecule has 0 amide bonds. The summed E-state index contributed by atoms with van der Waals surface area (Å²) in [5.41, 5.74) is 0.687. The van der Waals surface area contributed by atoms with E-state index in [-0.39, 0.29) is 6.04 Å². The molecule has 2 aromatic carbocycles. The average molecular weight is 317 g/mol. The van der Waals surface area contributed by atoms with Gasteiger partial charge in [-0.05, 0) is 36.1 Å². The van der Waals surface area contributed by atoms with Crippen LogP contribution in [0, 0.1) is 0 Å². The number of nitrogens with one attached hydrogen (secondary N) is 1. The number of fused-ring (bicyclic) bond motifs is 1. The fraction of sp³-hybridized carbons (Fsp3) is 0.444. The van der Waals surface area contributed by atoms with E-state index in [9.17, 15) is 5.11 Å². The summed E-state index contributed by atoms with van der Waals surface area (Å²) in [6, 6.07) is 12.6. The Bertz CT molecular complexity index is 653. The predicted molar refractivity (Wildman–Crippen MR) is 93.8 cm³/mol. The van der Waals surface area contributed by atoms with Gasteiger partial charge in [0, 0.05) is 23.7 Å². The summed E-state index contributed by atoms with van der Waals surface area (Å²) >= 11 is 1.83. The highest BCUT2D eigenvalue weighted by Crippen LogP contribution is 2.32. The molecule has 2 unspecified atom stereocenters. The van der Waals surface area contributed by atoms with Crippen molar-refractivity contribution in [2.24, 2.45) is 0 Å². The molecule has 3 rings (SSSR count). The first-order valence-electron chi connectivity index (χ1n) is 7.72. The van der Waals surface area contributed by atoms with Gasteiger partial charge in [-0.3, -0.25) is 0 Å². The topological polar surface area (TPSA) is 41.5 Å². The van der Waals surface area contributed by atoms with Crippen molar-refractivity contribution in [3.63, 3.8) is 0 Å². The Balaban J connectivity index is 1.83. The first-order valence-corrected chi connectivity index (χ1v) is 8.87. The first kappa shape index (κ1) is 15.7. The number of thioether (sulfide) groups is 1. The van der Waals surface area contributed by atoms with E-state index in [1.807, 2.05) is 23.9 Å². The van der Waals surface area contributed by atoms with Gasteiger partial charge in [0.05, 0.1) is 12.7 Å². The van der Waals surface area contributed by atoms with E-state index in [1.54, 1.807) is 7.11 Å². The molecule has 3 nitrogen and oxygen atoms in total. The van der Waals surface area contributed by atoms with Crippen LogP contribution in [0.1, 0.15) is 24.9 Å². The van der Waals surface area contributed by atoms with E-state index in [0.29, 0.717) is 6.54 Å². The SMILES string of the molecule is COc1ccc(C(C)NCC2(O)CCSC2)c2ccccc12. The Kier molecular flexibility index (Phi) is 4.62. The third kappa shape index (κ3) is 3.09. The summed E-state index contributed by atoms with van der Waals surface area (Å²) in [5, 5.41) is 16.3. The second-order valence-electron chi connectivity index (χ2n) is 6.03. The molecule has 1 saturated heterocycles. The van der Waals surface area contributed by atoms with Crippen LogP contribution in [0.5, 0.6) is 5.75 Å². The summed E-state index contributed by atoms with van der Waals surface area (Å²) < 4.78 is 5.46. The van der Waals surface area contributed by atoms with Crippen molar-refractivity contribution in [2.75, 3.05) is 25.2 Å². The highest BCUT2D eigenvalue weighted by atomic mass is 32.2. The van der Waals surface area contributed by atoms with Crippen LogP contribution in [-0.4, -0.2) is 35.9 Å². The van der Waals surface area contributed by atoms with Gasteiger partial charge in [-0.25, -0.2) is 0 Å². The molecule has 0 aromatic heterocycles. The molecular weight excluding hydrogens is 294 g/mol. The molecule has 1 aliphatic heterocycles. The van der Waals surface area contributed by atoms with Crippen LogP contribution in [-0.2, 0) is 0 Å².